The summed E-state index contributed by atoms with van der Waals surface area (Å²) >= 11 is 3.58. The summed E-state index contributed by atoms with van der Waals surface area (Å²) < 4.78 is 27.9. The summed E-state index contributed by atoms with van der Waals surface area (Å²) in [4.78, 5) is 0.397. The normalized spacial score (nSPS) is 18.6. The van der Waals surface area contributed by atoms with E-state index < -0.39 is 10.0 Å². The number of nitrogens with one attached hydrogen (secondary N) is 1. The highest BCUT2D eigenvalue weighted by molar-refractivity contribution is 9.09. The van der Waals surface area contributed by atoms with Gasteiger partial charge in [-0.3, -0.25) is 0 Å². The van der Waals surface area contributed by atoms with Crippen LogP contribution in [0.4, 0.5) is 0 Å². The van der Waals surface area contributed by atoms with E-state index in [4.69, 9.17) is 0 Å². The van der Waals surface area contributed by atoms with E-state index in [-0.39, 0.29) is 5.41 Å². The Morgan fingerprint density at radius 3 is 2.43 bits per heavy atom. The molecule has 21 heavy (non-hydrogen) atoms. The molecule has 1 aliphatic carbocycles. The predicted molar refractivity (Wildman–Crippen MR) is 90.4 cm³/mol. The molecule has 0 aliphatic heterocycles. The van der Waals surface area contributed by atoms with Crippen LogP contribution in [0.5, 0.6) is 0 Å². The van der Waals surface area contributed by atoms with Crippen molar-refractivity contribution in [2.24, 2.45) is 5.41 Å². The van der Waals surface area contributed by atoms with Crippen LogP contribution in [-0.2, 0) is 10.0 Å². The van der Waals surface area contributed by atoms with Crippen molar-refractivity contribution in [3.63, 3.8) is 0 Å². The molecule has 1 aromatic rings. The minimum absolute atomic E-state index is 0.0733. The Morgan fingerprint density at radius 1 is 1.19 bits per heavy atom. The first-order chi connectivity index (χ1) is 9.88. The van der Waals surface area contributed by atoms with Gasteiger partial charge in [0, 0.05) is 11.9 Å². The molecular weight excluding hydrogens is 350 g/mol. The van der Waals surface area contributed by atoms with Crippen LogP contribution in [0.1, 0.15) is 43.2 Å². The van der Waals surface area contributed by atoms with Gasteiger partial charge >= 0.3 is 0 Å². The maximum absolute atomic E-state index is 12.5. The summed E-state index contributed by atoms with van der Waals surface area (Å²) in [5.74, 6) is 0. The van der Waals surface area contributed by atoms with Crippen LogP contribution in [-0.4, -0.2) is 20.3 Å². The molecule has 0 saturated heterocycles. The topological polar surface area (TPSA) is 46.2 Å². The fourth-order valence-electron chi connectivity index (χ4n) is 3.09. The van der Waals surface area contributed by atoms with Gasteiger partial charge in [-0.25, -0.2) is 13.1 Å². The van der Waals surface area contributed by atoms with Crippen molar-refractivity contribution in [1.29, 1.82) is 0 Å². The summed E-state index contributed by atoms with van der Waals surface area (Å²) in [6, 6.07) is 5.46. The molecule has 0 amide bonds. The zero-order chi connectivity index (χ0) is 15.5. The lowest BCUT2D eigenvalue weighted by molar-refractivity contribution is 0.227. The number of aryl methyl sites for hydroxylation is 2. The fraction of sp³-hybridized carbons (Fsp3) is 0.625. The van der Waals surface area contributed by atoms with Crippen molar-refractivity contribution in [3.05, 3.63) is 29.3 Å². The molecule has 3 nitrogen and oxygen atoms in total. The van der Waals surface area contributed by atoms with Gasteiger partial charge in [-0.05, 0) is 43.7 Å². The van der Waals surface area contributed by atoms with Crippen molar-refractivity contribution in [1.82, 2.24) is 4.72 Å². The molecule has 0 heterocycles. The molecule has 1 N–H and O–H groups in total. The van der Waals surface area contributed by atoms with E-state index in [1.807, 2.05) is 26.0 Å². The molecule has 1 fully saturated rings. The second-order valence-corrected chi connectivity index (χ2v) is 8.58. The third-order valence-corrected chi connectivity index (χ3v) is 7.21. The van der Waals surface area contributed by atoms with Crippen LogP contribution >= 0.6 is 15.9 Å². The van der Waals surface area contributed by atoms with Crippen molar-refractivity contribution >= 4 is 26.0 Å². The Kier molecular flexibility index (Phi) is 5.49. The predicted octanol–water partition coefficient (Wildman–Crippen LogP) is 3.93. The summed E-state index contributed by atoms with van der Waals surface area (Å²) in [5, 5.41) is 0.857. The summed E-state index contributed by atoms with van der Waals surface area (Å²) in [6.45, 7) is 4.34. The monoisotopic (exact) mass is 373 g/mol. The molecule has 0 bridgehead atoms. The van der Waals surface area contributed by atoms with Crippen LogP contribution < -0.4 is 4.72 Å². The molecule has 0 spiro atoms. The van der Waals surface area contributed by atoms with Gasteiger partial charge < -0.3 is 0 Å². The highest BCUT2D eigenvalue weighted by Gasteiger charge is 2.32. The molecular formula is C16H24BrNO2S. The standard InChI is InChI=1S/C16H24BrNO2S/c1-13-6-7-15(14(2)10-13)21(19,20)18-12-16(11-17)8-4-3-5-9-16/h6-7,10,18H,3-5,8-9,11-12H2,1-2H3. The first-order valence-electron chi connectivity index (χ1n) is 7.51. The van der Waals surface area contributed by atoms with E-state index in [2.05, 4.69) is 20.7 Å². The number of hydrogen-bond acceptors (Lipinski definition) is 2. The smallest absolute Gasteiger partial charge is 0.211 e. The van der Waals surface area contributed by atoms with E-state index in [1.54, 1.807) is 6.07 Å². The lowest BCUT2D eigenvalue weighted by atomic mass is 9.76. The van der Waals surface area contributed by atoms with Gasteiger partial charge in [-0.15, -0.1) is 0 Å². The van der Waals surface area contributed by atoms with Gasteiger partial charge in [0.2, 0.25) is 10.0 Å². The van der Waals surface area contributed by atoms with Crippen molar-refractivity contribution in [3.8, 4) is 0 Å². The van der Waals surface area contributed by atoms with Crippen LogP contribution in [0.3, 0.4) is 0 Å². The van der Waals surface area contributed by atoms with E-state index in [0.29, 0.717) is 11.4 Å². The Hall–Kier alpha value is -0.390. The highest BCUT2D eigenvalue weighted by Crippen LogP contribution is 2.37. The lowest BCUT2D eigenvalue weighted by Crippen LogP contribution is -2.40. The second kappa shape index (κ2) is 6.80. The zero-order valence-corrected chi connectivity index (χ0v) is 15.2. The quantitative estimate of drug-likeness (QED) is 0.794. The SMILES string of the molecule is Cc1ccc(S(=O)(=O)NCC2(CBr)CCCCC2)c(C)c1. The van der Waals surface area contributed by atoms with Crippen LogP contribution in [0, 0.1) is 19.3 Å². The Morgan fingerprint density at radius 2 is 1.86 bits per heavy atom. The average molecular weight is 374 g/mol. The van der Waals surface area contributed by atoms with E-state index >= 15 is 0 Å². The molecule has 1 saturated carbocycles. The van der Waals surface area contributed by atoms with Crippen LogP contribution in [0.2, 0.25) is 0 Å². The van der Waals surface area contributed by atoms with Crippen LogP contribution in [0.15, 0.2) is 23.1 Å². The number of alkyl halides is 1. The second-order valence-electron chi connectivity index (χ2n) is 6.29. The average Bonchev–Trinajstić information content (AvgIpc) is 2.46. The minimum Gasteiger partial charge on any atom is -0.211 e. The molecule has 0 atom stereocenters. The molecule has 5 heteroatoms. The van der Waals surface area contributed by atoms with E-state index in [9.17, 15) is 8.42 Å². The molecule has 0 unspecified atom stereocenters. The fourth-order valence-corrected chi connectivity index (χ4v) is 5.23. The lowest BCUT2D eigenvalue weighted by Gasteiger charge is -2.35. The van der Waals surface area contributed by atoms with E-state index in [1.165, 1.54) is 19.3 Å². The molecule has 0 aromatic heterocycles. The maximum atomic E-state index is 12.5. The third-order valence-electron chi connectivity index (χ3n) is 4.45. The van der Waals surface area contributed by atoms with Crippen molar-refractivity contribution in [2.75, 3.05) is 11.9 Å². The molecule has 118 valence electrons. The molecule has 0 radical (unpaired) electrons. The largest absolute Gasteiger partial charge is 0.240 e. The Labute approximate surface area is 136 Å². The van der Waals surface area contributed by atoms with Crippen molar-refractivity contribution < 1.29 is 8.42 Å². The van der Waals surface area contributed by atoms with Crippen molar-refractivity contribution in [2.45, 2.75) is 50.8 Å². The number of rotatable bonds is 5. The molecule has 1 aliphatic rings. The first-order valence-corrected chi connectivity index (χ1v) is 10.1. The van der Waals surface area contributed by atoms with Gasteiger partial charge in [-0.1, -0.05) is 52.9 Å². The molecule has 2 rings (SSSR count). The van der Waals surface area contributed by atoms with Gasteiger partial charge in [0.25, 0.3) is 0 Å². The summed E-state index contributed by atoms with van der Waals surface area (Å²) in [7, 11) is -3.43. The minimum atomic E-state index is -3.43. The number of hydrogen-bond donors (Lipinski definition) is 1. The summed E-state index contributed by atoms with van der Waals surface area (Å²) in [6.07, 6.45) is 5.83. The Balaban J connectivity index is 2.13. The summed E-state index contributed by atoms with van der Waals surface area (Å²) in [5.41, 5.74) is 1.96. The zero-order valence-electron chi connectivity index (χ0n) is 12.8. The van der Waals surface area contributed by atoms with Gasteiger partial charge in [0.15, 0.2) is 0 Å². The number of benzene rings is 1. The maximum Gasteiger partial charge on any atom is 0.240 e. The van der Waals surface area contributed by atoms with E-state index in [0.717, 1.165) is 29.3 Å². The van der Waals surface area contributed by atoms with Gasteiger partial charge in [0.05, 0.1) is 4.90 Å². The number of sulfonamides is 1. The van der Waals surface area contributed by atoms with Gasteiger partial charge in [-0.2, -0.15) is 0 Å². The van der Waals surface area contributed by atoms with Gasteiger partial charge in [0.1, 0.15) is 0 Å². The molecule has 1 aromatic carbocycles. The van der Waals surface area contributed by atoms with Crippen LogP contribution in [0.25, 0.3) is 0 Å². The third kappa shape index (κ3) is 4.08. The Bertz CT molecular complexity index is 592. The first kappa shape index (κ1) is 17.0. The number of halogens is 1. The highest BCUT2D eigenvalue weighted by atomic mass is 79.9.